The third-order valence-corrected chi connectivity index (χ3v) is 5.91. The molecule has 2 aromatic carbocycles. The molecular weight excluding hydrogens is 394 g/mol. The largest absolute Gasteiger partial charge is 0.507 e. The van der Waals surface area contributed by atoms with Gasteiger partial charge in [-0.1, -0.05) is 19.1 Å². The van der Waals surface area contributed by atoms with E-state index in [4.69, 9.17) is 13.9 Å². The fourth-order valence-corrected chi connectivity index (χ4v) is 4.41. The molecule has 0 radical (unpaired) electrons. The van der Waals surface area contributed by atoms with E-state index in [-0.39, 0.29) is 16.9 Å². The standard InChI is InChI=1S/C25H29NO5/c1-4-29-21-9-5-6-10-22(21)31-24-17(3)30-25-18(23(24)28)11-12-20(27)19(25)15-26-13-7-8-16(2)14-26/h5-6,9-12,16,27H,4,7-8,13-15H2,1-3H3/p+1/t16-/m0/s1. The average Bonchev–Trinajstić information content (AvgIpc) is 2.75. The Kier molecular flexibility index (Phi) is 6.18. The molecule has 0 spiro atoms. The summed E-state index contributed by atoms with van der Waals surface area (Å²) in [4.78, 5) is 14.7. The van der Waals surface area contributed by atoms with Crippen LogP contribution >= 0.6 is 0 Å². The Hall–Kier alpha value is -2.99. The second-order valence-corrected chi connectivity index (χ2v) is 8.37. The average molecular weight is 425 g/mol. The molecule has 1 fully saturated rings. The molecule has 0 aliphatic carbocycles. The van der Waals surface area contributed by atoms with Crippen molar-refractivity contribution in [2.24, 2.45) is 5.92 Å². The monoisotopic (exact) mass is 424 g/mol. The van der Waals surface area contributed by atoms with Gasteiger partial charge in [-0.25, -0.2) is 0 Å². The Bertz CT molecular complexity index is 1140. The zero-order chi connectivity index (χ0) is 22.0. The van der Waals surface area contributed by atoms with Gasteiger partial charge >= 0.3 is 0 Å². The van der Waals surface area contributed by atoms with Crippen molar-refractivity contribution in [1.29, 1.82) is 0 Å². The van der Waals surface area contributed by atoms with Gasteiger partial charge in [0.05, 0.1) is 30.6 Å². The number of hydrogen-bond acceptors (Lipinski definition) is 5. The molecule has 1 aromatic heterocycles. The van der Waals surface area contributed by atoms with Gasteiger partial charge in [-0.15, -0.1) is 0 Å². The Morgan fingerprint density at radius 2 is 1.97 bits per heavy atom. The van der Waals surface area contributed by atoms with Crippen molar-refractivity contribution in [1.82, 2.24) is 0 Å². The molecule has 31 heavy (non-hydrogen) atoms. The van der Waals surface area contributed by atoms with Gasteiger partial charge in [0.1, 0.15) is 18.1 Å². The van der Waals surface area contributed by atoms with Crippen LogP contribution in [-0.2, 0) is 6.54 Å². The van der Waals surface area contributed by atoms with Crippen molar-refractivity contribution >= 4 is 11.0 Å². The number of hydrogen-bond donors (Lipinski definition) is 2. The van der Waals surface area contributed by atoms with Gasteiger partial charge in [0, 0.05) is 5.92 Å². The fourth-order valence-electron chi connectivity index (χ4n) is 4.41. The van der Waals surface area contributed by atoms with E-state index in [0.29, 0.717) is 52.9 Å². The lowest BCUT2D eigenvalue weighted by molar-refractivity contribution is -0.922. The number of rotatable bonds is 6. The number of likely N-dealkylation sites (tertiary alicyclic amines) is 1. The highest BCUT2D eigenvalue weighted by molar-refractivity contribution is 5.83. The highest BCUT2D eigenvalue weighted by Gasteiger charge is 2.25. The number of quaternary nitrogens is 1. The van der Waals surface area contributed by atoms with Crippen LogP contribution in [0, 0.1) is 12.8 Å². The van der Waals surface area contributed by atoms with Crippen LogP contribution in [0.2, 0.25) is 0 Å². The van der Waals surface area contributed by atoms with Gasteiger partial charge in [-0.3, -0.25) is 4.79 Å². The molecule has 2 atom stereocenters. The van der Waals surface area contributed by atoms with Crippen LogP contribution in [-0.4, -0.2) is 24.8 Å². The summed E-state index contributed by atoms with van der Waals surface area (Å²) in [6.07, 6.45) is 2.41. The van der Waals surface area contributed by atoms with E-state index >= 15 is 0 Å². The van der Waals surface area contributed by atoms with E-state index in [2.05, 4.69) is 6.92 Å². The molecule has 164 valence electrons. The smallest absolute Gasteiger partial charge is 0.235 e. The van der Waals surface area contributed by atoms with Gasteiger partial charge in [0.15, 0.2) is 17.1 Å². The van der Waals surface area contributed by atoms with Crippen molar-refractivity contribution < 1.29 is 23.9 Å². The number of para-hydroxylation sites is 2. The Balaban J connectivity index is 1.74. The van der Waals surface area contributed by atoms with Gasteiger partial charge in [-0.2, -0.15) is 0 Å². The lowest BCUT2D eigenvalue weighted by atomic mass is 9.99. The molecule has 2 heterocycles. The Morgan fingerprint density at radius 3 is 2.71 bits per heavy atom. The molecule has 4 rings (SSSR count). The molecule has 1 saturated heterocycles. The molecule has 1 aliphatic rings. The Labute approximate surface area is 182 Å². The summed E-state index contributed by atoms with van der Waals surface area (Å²) < 4.78 is 17.7. The van der Waals surface area contributed by atoms with Gasteiger partial charge in [0.25, 0.3) is 0 Å². The number of phenolic OH excluding ortho intramolecular Hbond substituents is 1. The van der Waals surface area contributed by atoms with Gasteiger partial charge in [-0.05, 0) is 51.0 Å². The van der Waals surface area contributed by atoms with Crippen LogP contribution in [0.4, 0.5) is 0 Å². The zero-order valence-corrected chi connectivity index (χ0v) is 18.4. The molecule has 0 saturated carbocycles. The van der Waals surface area contributed by atoms with E-state index in [9.17, 15) is 9.90 Å². The predicted molar refractivity (Wildman–Crippen MR) is 119 cm³/mol. The Morgan fingerprint density at radius 1 is 1.19 bits per heavy atom. The van der Waals surface area contributed by atoms with Crippen LogP contribution < -0.4 is 19.8 Å². The van der Waals surface area contributed by atoms with Crippen LogP contribution in [0.3, 0.4) is 0 Å². The van der Waals surface area contributed by atoms with E-state index < -0.39 is 0 Å². The van der Waals surface area contributed by atoms with Crippen LogP contribution in [0.15, 0.2) is 45.6 Å². The number of piperidine rings is 1. The number of nitrogens with one attached hydrogen (secondary N) is 1. The summed E-state index contributed by atoms with van der Waals surface area (Å²) in [5, 5.41) is 11.0. The molecule has 6 nitrogen and oxygen atoms in total. The third kappa shape index (κ3) is 4.39. The topological polar surface area (TPSA) is 73.3 Å². The number of fused-ring (bicyclic) bond motifs is 1. The van der Waals surface area contributed by atoms with Crippen molar-refractivity contribution in [2.75, 3.05) is 19.7 Å². The second kappa shape index (κ2) is 9.02. The maximum Gasteiger partial charge on any atom is 0.235 e. The summed E-state index contributed by atoms with van der Waals surface area (Å²) in [5.41, 5.74) is 0.870. The number of ether oxygens (including phenoxy) is 2. The van der Waals surface area contributed by atoms with E-state index in [1.54, 1.807) is 31.2 Å². The number of phenols is 1. The first-order valence-electron chi connectivity index (χ1n) is 11.0. The maximum absolute atomic E-state index is 13.3. The molecule has 2 N–H and O–H groups in total. The lowest BCUT2D eigenvalue weighted by Gasteiger charge is -2.28. The number of benzene rings is 2. The second-order valence-electron chi connectivity index (χ2n) is 8.37. The first kappa shape index (κ1) is 21.2. The predicted octanol–water partition coefficient (Wildman–Crippen LogP) is 3.81. The molecule has 1 unspecified atom stereocenters. The lowest BCUT2D eigenvalue weighted by Crippen LogP contribution is -3.12. The molecule has 0 amide bonds. The minimum Gasteiger partial charge on any atom is -0.507 e. The fraction of sp³-hybridized carbons (Fsp3) is 0.400. The van der Waals surface area contributed by atoms with E-state index in [1.807, 2.05) is 19.1 Å². The summed E-state index contributed by atoms with van der Waals surface area (Å²) in [6, 6.07) is 10.4. The van der Waals surface area contributed by atoms with Crippen LogP contribution in [0.25, 0.3) is 11.0 Å². The van der Waals surface area contributed by atoms with Crippen molar-refractivity contribution in [2.45, 2.75) is 40.2 Å². The van der Waals surface area contributed by atoms with Gasteiger partial charge in [0.2, 0.25) is 11.2 Å². The first-order valence-corrected chi connectivity index (χ1v) is 11.0. The first-order chi connectivity index (χ1) is 15.0. The van der Waals surface area contributed by atoms with Crippen LogP contribution in [0.5, 0.6) is 23.0 Å². The molecule has 0 bridgehead atoms. The number of aromatic hydroxyl groups is 1. The molecule has 6 heteroatoms. The minimum absolute atomic E-state index is 0.134. The van der Waals surface area contributed by atoms with E-state index in [0.717, 1.165) is 13.1 Å². The minimum atomic E-state index is -0.256. The normalized spacial score (nSPS) is 18.8. The highest BCUT2D eigenvalue weighted by Crippen LogP contribution is 2.34. The quantitative estimate of drug-likeness (QED) is 0.630. The summed E-state index contributed by atoms with van der Waals surface area (Å²) in [6.45, 7) is 9.09. The van der Waals surface area contributed by atoms with E-state index in [1.165, 1.54) is 17.7 Å². The summed E-state index contributed by atoms with van der Waals surface area (Å²) in [5.74, 6) is 2.35. The molecule has 1 aliphatic heterocycles. The highest BCUT2D eigenvalue weighted by atomic mass is 16.5. The molecular formula is C25H30NO5+. The summed E-state index contributed by atoms with van der Waals surface area (Å²) >= 11 is 0. The van der Waals surface area contributed by atoms with Gasteiger partial charge < -0.3 is 23.9 Å². The van der Waals surface area contributed by atoms with Crippen molar-refractivity contribution in [3.05, 3.63) is 57.9 Å². The zero-order valence-electron chi connectivity index (χ0n) is 18.4. The number of aryl methyl sites for hydroxylation is 1. The SMILES string of the molecule is CCOc1ccccc1Oc1c(C)oc2c(C[NH+]3CCC[C@H](C)C3)c(O)ccc2c1=O. The van der Waals surface area contributed by atoms with Crippen LogP contribution in [0.1, 0.15) is 38.0 Å². The third-order valence-electron chi connectivity index (χ3n) is 5.91. The molecule has 3 aromatic rings. The maximum atomic E-state index is 13.3. The summed E-state index contributed by atoms with van der Waals surface area (Å²) in [7, 11) is 0. The van der Waals surface area contributed by atoms with Crippen molar-refractivity contribution in [3.8, 4) is 23.0 Å². The van der Waals surface area contributed by atoms with Crippen molar-refractivity contribution in [3.63, 3.8) is 0 Å².